The summed E-state index contributed by atoms with van der Waals surface area (Å²) in [5.41, 5.74) is 4.39. The van der Waals surface area contributed by atoms with E-state index in [2.05, 4.69) is 30.9 Å². The van der Waals surface area contributed by atoms with E-state index >= 15 is 0 Å². The molecule has 0 heterocycles. The summed E-state index contributed by atoms with van der Waals surface area (Å²) >= 11 is 0. The quantitative estimate of drug-likeness (QED) is 0.507. The normalized spacial score (nSPS) is 13.9. The van der Waals surface area contributed by atoms with Gasteiger partial charge in [0.1, 0.15) is 0 Å². The van der Waals surface area contributed by atoms with Gasteiger partial charge in [0.05, 0.1) is 0 Å². The fraction of sp³-hybridized carbons (Fsp3) is 0.300. The molecule has 0 radical (unpaired) electrons. The molecule has 0 heteroatoms. The molecule has 0 amide bonds. The summed E-state index contributed by atoms with van der Waals surface area (Å²) in [5, 5.41) is 0. The minimum atomic E-state index is 1.13. The highest BCUT2D eigenvalue weighted by atomic mass is 13.9. The Morgan fingerprint density at radius 1 is 1.40 bits per heavy atom. The molecule has 1 aliphatic rings. The zero-order valence-corrected chi connectivity index (χ0v) is 6.30. The molecule has 1 rings (SSSR count). The minimum Gasteiger partial charge on any atom is -0.117 e. The summed E-state index contributed by atoms with van der Waals surface area (Å²) in [6.45, 7) is 2.17. The molecule has 52 valence electrons. The van der Waals surface area contributed by atoms with Gasteiger partial charge in [-0.1, -0.05) is 25.5 Å². The van der Waals surface area contributed by atoms with E-state index in [4.69, 9.17) is 0 Å². The van der Waals surface area contributed by atoms with Crippen LogP contribution in [0.25, 0.3) is 0 Å². The first-order valence-electron chi connectivity index (χ1n) is 3.73. The minimum absolute atomic E-state index is 1.13. The van der Waals surface area contributed by atoms with Crippen LogP contribution in [0.3, 0.4) is 0 Å². The van der Waals surface area contributed by atoms with Crippen LogP contribution in [0.15, 0.2) is 41.7 Å². The van der Waals surface area contributed by atoms with E-state index in [-0.39, 0.29) is 0 Å². The van der Waals surface area contributed by atoms with Crippen molar-refractivity contribution in [3.8, 4) is 0 Å². The van der Waals surface area contributed by atoms with Gasteiger partial charge in [0.15, 0.2) is 0 Å². The van der Waals surface area contributed by atoms with Crippen LogP contribution in [0.4, 0.5) is 0 Å². The SMILES string of the molecule is CCCC=C=C1C=CC=C1. The molecule has 10 heavy (non-hydrogen) atoms. The third kappa shape index (κ3) is 2.08. The molecular formula is C10H12. The van der Waals surface area contributed by atoms with Crippen LogP contribution in [0.2, 0.25) is 0 Å². The topological polar surface area (TPSA) is 0 Å². The standard InChI is InChI=1S/C10H12/c1-2-3-4-7-10-8-5-6-9-10/h4-6,8-9H,2-3H2,1H3. The van der Waals surface area contributed by atoms with Crippen LogP contribution in [0.5, 0.6) is 0 Å². The van der Waals surface area contributed by atoms with Crippen molar-refractivity contribution < 1.29 is 0 Å². The average molecular weight is 132 g/mol. The van der Waals surface area contributed by atoms with E-state index in [0.717, 1.165) is 6.42 Å². The number of rotatable bonds is 2. The van der Waals surface area contributed by atoms with Gasteiger partial charge in [-0.25, -0.2) is 0 Å². The molecule has 0 unspecified atom stereocenters. The molecular weight excluding hydrogens is 120 g/mol. The Labute approximate surface area is 62.3 Å². The Hall–Kier alpha value is -1.00. The highest BCUT2D eigenvalue weighted by Crippen LogP contribution is 2.04. The molecule has 0 spiro atoms. The zero-order chi connectivity index (χ0) is 7.23. The van der Waals surface area contributed by atoms with Crippen molar-refractivity contribution in [3.63, 3.8) is 0 Å². The maximum absolute atomic E-state index is 3.20. The third-order valence-corrected chi connectivity index (χ3v) is 1.36. The third-order valence-electron chi connectivity index (χ3n) is 1.36. The van der Waals surface area contributed by atoms with Crippen LogP contribution >= 0.6 is 0 Å². The Bertz CT molecular complexity index is 196. The highest BCUT2D eigenvalue weighted by Gasteiger charge is 1.85. The number of unbranched alkanes of at least 4 members (excludes halogenated alkanes) is 1. The van der Waals surface area contributed by atoms with Crippen LogP contribution in [-0.2, 0) is 0 Å². The second kappa shape index (κ2) is 3.92. The van der Waals surface area contributed by atoms with Gasteiger partial charge in [-0.2, -0.15) is 0 Å². The Balaban J connectivity index is 2.54. The van der Waals surface area contributed by atoms with Crippen molar-refractivity contribution in [2.24, 2.45) is 0 Å². The molecule has 0 bridgehead atoms. The molecule has 0 saturated heterocycles. The maximum atomic E-state index is 3.20. The van der Waals surface area contributed by atoms with Gasteiger partial charge in [0.2, 0.25) is 0 Å². The smallest absolute Gasteiger partial charge is 0.0161 e. The molecule has 0 aromatic carbocycles. The van der Waals surface area contributed by atoms with Crippen LogP contribution < -0.4 is 0 Å². The van der Waals surface area contributed by atoms with E-state index in [1.54, 1.807) is 0 Å². The Kier molecular flexibility index (Phi) is 2.79. The first-order chi connectivity index (χ1) is 4.93. The average Bonchev–Trinajstić information content (AvgIpc) is 2.41. The summed E-state index contributed by atoms with van der Waals surface area (Å²) < 4.78 is 0. The van der Waals surface area contributed by atoms with Gasteiger partial charge < -0.3 is 0 Å². The zero-order valence-electron chi connectivity index (χ0n) is 6.30. The van der Waals surface area contributed by atoms with Crippen molar-refractivity contribution in [3.05, 3.63) is 41.7 Å². The van der Waals surface area contributed by atoms with Crippen LogP contribution in [0.1, 0.15) is 19.8 Å². The second-order valence-electron chi connectivity index (χ2n) is 2.31. The van der Waals surface area contributed by atoms with Crippen LogP contribution in [-0.4, -0.2) is 0 Å². The Morgan fingerprint density at radius 3 is 2.70 bits per heavy atom. The molecule has 0 fully saturated rings. The lowest BCUT2D eigenvalue weighted by Gasteiger charge is -1.80. The lowest BCUT2D eigenvalue weighted by atomic mass is 10.3. The summed E-state index contributed by atoms with van der Waals surface area (Å²) in [4.78, 5) is 0. The summed E-state index contributed by atoms with van der Waals surface area (Å²) in [6.07, 6.45) is 12.6. The first kappa shape index (κ1) is 7.11. The van der Waals surface area contributed by atoms with E-state index in [0.29, 0.717) is 0 Å². The van der Waals surface area contributed by atoms with E-state index in [1.807, 2.05) is 12.2 Å². The van der Waals surface area contributed by atoms with Crippen molar-refractivity contribution in [2.75, 3.05) is 0 Å². The van der Waals surface area contributed by atoms with E-state index < -0.39 is 0 Å². The molecule has 0 aromatic rings. The lowest BCUT2D eigenvalue weighted by molar-refractivity contribution is 0.960. The molecule has 0 saturated carbocycles. The van der Waals surface area contributed by atoms with Gasteiger partial charge in [0, 0.05) is 5.57 Å². The lowest BCUT2D eigenvalue weighted by Crippen LogP contribution is -1.61. The van der Waals surface area contributed by atoms with E-state index in [9.17, 15) is 0 Å². The number of hydrogen-bond acceptors (Lipinski definition) is 0. The molecule has 1 aliphatic carbocycles. The van der Waals surface area contributed by atoms with Crippen LogP contribution in [0, 0.1) is 0 Å². The molecule has 0 nitrogen and oxygen atoms in total. The summed E-state index contributed by atoms with van der Waals surface area (Å²) in [6, 6.07) is 0. The fourth-order valence-electron chi connectivity index (χ4n) is 0.805. The van der Waals surface area contributed by atoms with Gasteiger partial charge in [-0.05, 0) is 24.6 Å². The fourth-order valence-corrected chi connectivity index (χ4v) is 0.805. The monoisotopic (exact) mass is 132 g/mol. The van der Waals surface area contributed by atoms with Gasteiger partial charge in [-0.3, -0.25) is 0 Å². The summed E-state index contributed by atoms with van der Waals surface area (Å²) in [7, 11) is 0. The van der Waals surface area contributed by atoms with Gasteiger partial charge in [0.25, 0.3) is 0 Å². The predicted octanol–water partition coefficient (Wildman–Crippen LogP) is 2.99. The predicted molar refractivity (Wildman–Crippen MR) is 44.8 cm³/mol. The van der Waals surface area contributed by atoms with Gasteiger partial charge >= 0.3 is 0 Å². The molecule has 0 aromatic heterocycles. The van der Waals surface area contributed by atoms with Crippen molar-refractivity contribution in [1.82, 2.24) is 0 Å². The van der Waals surface area contributed by atoms with Gasteiger partial charge in [-0.15, -0.1) is 5.73 Å². The number of hydrogen-bond donors (Lipinski definition) is 0. The van der Waals surface area contributed by atoms with E-state index in [1.165, 1.54) is 12.0 Å². The second-order valence-corrected chi connectivity index (χ2v) is 2.31. The Morgan fingerprint density at radius 2 is 2.10 bits per heavy atom. The largest absolute Gasteiger partial charge is 0.117 e. The highest BCUT2D eigenvalue weighted by molar-refractivity contribution is 5.39. The first-order valence-corrected chi connectivity index (χ1v) is 3.73. The van der Waals surface area contributed by atoms with Crippen molar-refractivity contribution in [1.29, 1.82) is 0 Å². The number of allylic oxidation sites excluding steroid dienone is 5. The maximum Gasteiger partial charge on any atom is 0.0161 e. The summed E-state index contributed by atoms with van der Waals surface area (Å²) in [5.74, 6) is 0. The molecule has 0 atom stereocenters. The van der Waals surface area contributed by atoms with Crippen molar-refractivity contribution in [2.45, 2.75) is 19.8 Å². The molecule has 0 N–H and O–H groups in total. The van der Waals surface area contributed by atoms with Crippen molar-refractivity contribution >= 4 is 0 Å². The molecule has 0 aliphatic heterocycles.